The molecule has 0 aliphatic carbocycles. The molecule has 0 spiro atoms. The van der Waals surface area contributed by atoms with Gasteiger partial charge in [0.15, 0.2) is 6.04 Å². The van der Waals surface area contributed by atoms with Crippen molar-refractivity contribution in [2.24, 2.45) is 0 Å². The van der Waals surface area contributed by atoms with E-state index >= 15 is 0 Å². The zero-order chi connectivity index (χ0) is 22.9. The van der Waals surface area contributed by atoms with Crippen LogP contribution in [0.15, 0.2) is 54.7 Å². The topological polar surface area (TPSA) is 59.0 Å². The lowest BCUT2D eigenvalue weighted by molar-refractivity contribution is -0.173. The molecule has 1 aliphatic rings. The van der Waals surface area contributed by atoms with Gasteiger partial charge in [0.2, 0.25) is 0 Å². The number of carbonyl (C=O) groups is 1. The largest absolute Gasteiger partial charge is 0.410 e. The molecule has 2 atom stereocenters. The lowest BCUT2D eigenvalue weighted by Crippen LogP contribution is -2.36. The molecule has 1 amide bonds. The van der Waals surface area contributed by atoms with Gasteiger partial charge in [0.25, 0.3) is 5.91 Å². The maximum absolute atomic E-state index is 13.9. The first-order valence-electron chi connectivity index (χ1n) is 10.7. The van der Waals surface area contributed by atoms with Crippen LogP contribution in [0.25, 0.3) is 0 Å². The van der Waals surface area contributed by atoms with Crippen molar-refractivity contribution in [2.45, 2.75) is 51.4 Å². The second-order valence-corrected chi connectivity index (χ2v) is 7.90. The second-order valence-electron chi connectivity index (χ2n) is 7.90. The van der Waals surface area contributed by atoms with Crippen LogP contribution in [-0.4, -0.2) is 21.9 Å². The Morgan fingerprint density at radius 3 is 2.50 bits per heavy atom. The fraction of sp³-hybridized carbons (Fsp3) is 0.333. The fourth-order valence-corrected chi connectivity index (χ4v) is 4.07. The van der Waals surface area contributed by atoms with Crippen molar-refractivity contribution in [1.29, 1.82) is 0 Å². The van der Waals surface area contributed by atoms with Gasteiger partial charge in [0.1, 0.15) is 11.4 Å². The van der Waals surface area contributed by atoms with E-state index < -0.39 is 24.2 Å². The van der Waals surface area contributed by atoms with Crippen LogP contribution in [0.2, 0.25) is 0 Å². The third kappa shape index (κ3) is 4.22. The maximum atomic E-state index is 13.9. The molecule has 1 aromatic heterocycles. The van der Waals surface area contributed by atoms with Crippen molar-refractivity contribution in [3.63, 3.8) is 0 Å². The van der Waals surface area contributed by atoms with Crippen LogP contribution in [0, 0.1) is 0 Å². The Kier molecular flexibility index (Phi) is 5.95. The van der Waals surface area contributed by atoms with E-state index in [9.17, 15) is 18.0 Å². The Morgan fingerprint density at radius 1 is 1.12 bits per heavy atom. The van der Waals surface area contributed by atoms with Crippen molar-refractivity contribution in [3.05, 3.63) is 77.0 Å². The molecular weight excluding hydrogens is 417 g/mol. The van der Waals surface area contributed by atoms with E-state index in [1.807, 2.05) is 50.2 Å². The number of carbonyl (C=O) groups excluding carboxylic acids is 1. The van der Waals surface area contributed by atoms with E-state index in [0.29, 0.717) is 12.1 Å². The second kappa shape index (κ2) is 8.68. The van der Waals surface area contributed by atoms with Gasteiger partial charge in [-0.2, -0.15) is 18.3 Å². The molecule has 0 bridgehead atoms. The highest BCUT2D eigenvalue weighted by atomic mass is 19.4. The van der Waals surface area contributed by atoms with Crippen LogP contribution >= 0.6 is 0 Å². The summed E-state index contributed by atoms with van der Waals surface area (Å²) in [7, 11) is 0. The van der Waals surface area contributed by atoms with Crippen molar-refractivity contribution >= 4 is 17.4 Å². The summed E-state index contributed by atoms with van der Waals surface area (Å²) in [5, 5.41) is 9.90. The number of hydrogen-bond acceptors (Lipinski definition) is 3. The number of halogens is 3. The number of rotatable bonds is 5. The summed E-state index contributed by atoms with van der Waals surface area (Å²) < 4.78 is 42.6. The predicted molar refractivity (Wildman–Crippen MR) is 118 cm³/mol. The van der Waals surface area contributed by atoms with Crippen LogP contribution < -0.4 is 10.6 Å². The molecule has 2 heterocycles. The predicted octanol–water partition coefficient (Wildman–Crippen LogP) is 5.92. The highest BCUT2D eigenvalue weighted by Crippen LogP contribution is 2.44. The molecule has 32 heavy (non-hydrogen) atoms. The summed E-state index contributed by atoms with van der Waals surface area (Å²) in [5.41, 5.74) is 3.51. The first-order chi connectivity index (χ1) is 15.3. The number of alkyl halides is 3. The van der Waals surface area contributed by atoms with Gasteiger partial charge in [-0.05, 0) is 35.6 Å². The SMILES string of the molecule is CCc1ccc([C@@H]2C[C@@H](C(F)(F)F)n3ncc(C(=O)Nc4ccccc4CC)c3N2)cc1. The number of hydrogen-bond donors (Lipinski definition) is 2. The van der Waals surface area contributed by atoms with E-state index in [1.165, 1.54) is 6.20 Å². The molecule has 0 fully saturated rings. The Bertz CT molecular complexity index is 1110. The molecule has 4 rings (SSSR count). The first-order valence-corrected chi connectivity index (χ1v) is 10.7. The summed E-state index contributed by atoms with van der Waals surface area (Å²) in [6, 6.07) is 12.5. The van der Waals surface area contributed by atoms with E-state index in [2.05, 4.69) is 15.7 Å². The number of benzene rings is 2. The molecule has 1 aliphatic heterocycles. The molecule has 168 valence electrons. The number of nitrogens with one attached hydrogen (secondary N) is 2. The number of para-hydroxylation sites is 1. The minimum Gasteiger partial charge on any atom is -0.363 e. The number of aromatic nitrogens is 2. The Labute approximate surface area is 184 Å². The van der Waals surface area contributed by atoms with Gasteiger partial charge in [-0.1, -0.05) is 56.3 Å². The van der Waals surface area contributed by atoms with Gasteiger partial charge >= 0.3 is 6.18 Å². The highest BCUT2D eigenvalue weighted by Gasteiger charge is 2.47. The maximum Gasteiger partial charge on any atom is 0.410 e. The van der Waals surface area contributed by atoms with Gasteiger partial charge in [-0.3, -0.25) is 4.79 Å². The van der Waals surface area contributed by atoms with Crippen LogP contribution in [-0.2, 0) is 12.8 Å². The number of anilines is 2. The molecule has 2 N–H and O–H groups in total. The average Bonchev–Trinajstić information content (AvgIpc) is 3.22. The van der Waals surface area contributed by atoms with Crippen molar-refractivity contribution in [1.82, 2.24) is 9.78 Å². The zero-order valence-electron chi connectivity index (χ0n) is 17.9. The molecule has 5 nitrogen and oxygen atoms in total. The van der Waals surface area contributed by atoms with Crippen molar-refractivity contribution in [3.8, 4) is 0 Å². The van der Waals surface area contributed by atoms with Crippen LogP contribution in [0.1, 0.15) is 59.4 Å². The van der Waals surface area contributed by atoms with Crippen molar-refractivity contribution in [2.75, 3.05) is 10.6 Å². The fourth-order valence-electron chi connectivity index (χ4n) is 4.07. The number of aryl methyl sites for hydroxylation is 2. The monoisotopic (exact) mass is 442 g/mol. The lowest BCUT2D eigenvalue weighted by atomic mass is 9.95. The Morgan fingerprint density at radius 2 is 1.84 bits per heavy atom. The Hall–Kier alpha value is -3.29. The molecule has 0 saturated heterocycles. The minimum atomic E-state index is -4.49. The summed E-state index contributed by atoms with van der Waals surface area (Å²) in [5.74, 6) is -0.419. The standard InChI is InChI=1S/C24H25F3N4O/c1-3-15-9-11-17(12-10-15)20-13-21(24(25,26)27)31-22(29-20)18(14-28-31)23(32)30-19-8-6-5-7-16(19)4-2/h5-12,14,20-21,29H,3-4,13H2,1-2H3,(H,30,32)/t20-,21-/m0/s1. The van der Waals surface area contributed by atoms with Gasteiger partial charge in [-0.25, -0.2) is 4.68 Å². The van der Waals surface area contributed by atoms with Crippen LogP contribution in [0.4, 0.5) is 24.7 Å². The van der Waals surface area contributed by atoms with Gasteiger partial charge in [-0.15, -0.1) is 0 Å². The summed E-state index contributed by atoms with van der Waals surface area (Å²) in [6.45, 7) is 3.99. The van der Waals surface area contributed by atoms with Crippen LogP contribution in [0.3, 0.4) is 0 Å². The van der Waals surface area contributed by atoms with Gasteiger partial charge in [0, 0.05) is 12.1 Å². The average molecular weight is 442 g/mol. The third-order valence-electron chi connectivity index (χ3n) is 5.92. The molecular formula is C24H25F3N4O. The molecule has 3 aromatic rings. The van der Waals surface area contributed by atoms with Crippen LogP contribution in [0.5, 0.6) is 0 Å². The molecule has 0 unspecified atom stereocenters. The van der Waals surface area contributed by atoms with Gasteiger partial charge < -0.3 is 10.6 Å². The summed E-state index contributed by atoms with van der Waals surface area (Å²) in [6.07, 6.45) is -1.93. The van der Waals surface area contributed by atoms with E-state index in [4.69, 9.17) is 0 Å². The number of amides is 1. The van der Waals surface area contributed by atoms with Gasteiger partial charge in [0.05, 0.1) is 12.2 Å². The molecule has 0 radical (unpaired) electrons. The van der Waals surface area contributed by atoms with Crippen molar-refractivity contribution < 1.29 is 18.0 Å². The normalized spacial score (nSPS) is 18.0. The van der Waals surface area contributed by atoms with E-state index in [-0.39, 0.29) is 17.8 Å². The molecule has 8 heteroatoms. The first kappa shape index (κ1) is 21.9. The quantitative estimate of drug-likeness (QED) is 0.516. The Balaban J connectivity index is 1.68. The minimum absolute atomic E-state index is 0.0784. The summed E-state index contributed by atoms with van der Waals surface area (Å²) >= 11 is 0. The highest BCUT2D eigenvalue weighted by molar-refractivity contribution is 6.07. The van der Waals surface area contributed by atoms with E-state index in [1.54, 1.807) is 12.1 Å². The summed E-state index contributed by atoms with van der Waals surface area (Å²) in [4.78, 5) is 13.0. The smallest absolute Gasteiger partial charge is 0.363 e. The number of fused-ring (bicyclic) bond motifs is 1. The van der Waals surface area contributed by atoms with E-state index in [0.717, 1.165) is 27.8 Å². The zero-order valence-corrected chi connectivity index (χ0v) is 17.9. The molecule has 2 aromatic carbocycles. The molecule has 0 saturated carbocycles. The third-order valence-corrected chi connectivity index (χ3v) is 5.92. The lowest BCUT2D eigenvalue weighted by Gasteiger charge is -2.34. The number of nitrogens with zero attached hydrogens (tertiary/aromatic N) is 2.